The monoisotopic (exact) mass is 500 g/mol. The number of nitrogen functional groups attached to an aromatic ring is 1. The Morgan fingerprint density at radius 1 is 1.18 bits per heavy atom. The highest BCUT2D eigenvalue weighted by atomic mass is 32.1. The molecule has 5 N–H and O–H groups in total. The van der Waals surface area contributed by atoms with E-state index >= 15 is 0 Å². The van der Waals surface area contributed by atoms with Crippen LogP contribution in [0.1, 0.15) is 32.8 Å². The summed E-state index contributed by atoms with van der Waals surface area (Å²) in [5, 5.41) is 4.70. The number of carbonyl (C=O) groups excluding carboxylic acids is 3. The van der Waals surface area contributed by atoms with Crippen molar-refractivity contribution in [3.63, 3.8) is 0 Å². The minimum atomic E-state index is -3.46. The molecule has 34 heavy (non-hydrogen) atoms. The highest BCUT2D eigenvalue weighted by Crippen LogP contribution is 2.36. The van der Waals surface area contributed by atoms with Gasteiger partial charge in [0.05, 0.1) is 0 Å². The van der Waals surface area contributed by atoms with E-state index in [1.807, 2.05) is 0 Å². The van der Waals surface area contributed by atoms with Crippen molar-refractivity contribution in [1.29, 1.82) is 0 Å². The normalized spacial score (nSPS) is 12.9. The fraction of sp³-hybridized carbons (Fsp3) is 0.211. The molecule has 0 fully saturated rings. The zero-order valence-electron chi connectivity index (χ0n) is 17.2. The number of hydrogen-bond acceptors (Lipinski definition) is 9. The van der Waals surface area contributed by atoms with Gasteiger partial charge < -0.3 is 26.2 Å². The van der Waals surface area contributed by atoms with Crippen LogP contribution in [0.2, 0.25) is 0 Å². The van der Waals surface area contributed by atoms with E-state index in [0.717, 1.165) is 29.5 Å². The molecule has 2 unspecified atom stereocenters. The third-order valence-electron chi connectivity index (χ3n) is 4.42. The molecule has 0 aliphatic rings. The van der Waals surface area contributed by atoms with Crippen LogP contribution in [0.15, 0.2) is 34.9 Å². The van der Waals surface area contributed by atoms with Crippen LogP contribution in [-0.4, -0.2) is 46.5 Å². The van der Waals surface area contributed by atoms with Gasteiger partial charge in [0.1, 0.15) is 22.6 Å². The lowest BCUT2D eigenvalue weighted by atomic mass is 10.2. The SMILES string of the molecule is CC(C(N)=O)N(c1ccc(F)cc1)c1nc(N)c(C(=O)c2cc(C(=O)NC(F)C(F)F)no2)s1. The number of carbonyl (C=O) groups is 3. The Labute approximate surface area is 192 Å². The number of anilines is 3. The van der Waals surface area contributed by atoms with Crippen LogP contribution in [-0.2, 0) is 4.79 Å². The molecule has 2 aromatic heterocycles. The number of benzene rings is 1. The number of primary amides is 1. The number of halogens is 4. The summed E-state index contributed by atoms with van der Waals surface area (Å²) in [6.45, 7) is 1.46. The molecule has 15 heteroatoms. The average Bonchev–Trinajstić information content (AvgIpc) is 3.42. The van der Waals surface area contributed by atoms with E-state index in [4.69, 9.17) is 16.0 Å². The van der Waals surface area contributed by atoms with Crippen LogP contribution in [0, 0.1) is 5.82 Å². The van der Waals surface area contributed by atoms with Crippen molar-refractivity contribution >= 4 is 45.6 Å². The van der Waals surface area contributed by atoms with Crippen LogP contribution in [0.5, 0.6) is 0 Å². The zero-order valence-corrected chi connectivity index (χ0v) is 18.0. The largest absolute Gasteiger partial charge is 0.382 e. The molecule has 0 bridgehead atoms. The summed E-state index contributed by atoms with van der Waals surface area (Å²) in [7, 11) is 0. The van der Waals surface area contributed by atoms with Gasteiger partial charge in [0.15, 0.2) is 10.8 Å². The molecule has 10 nitrogen and oxygen atoms in total. The van der Waals surface area contributed by atoms with Crippen LogP contribution < -0.4 is 21.7 Å². The zero-order chi connectivity index (χ0) is 25.2. The van der Waals surface area contributed by atoms with Gasteiger partial charge in [0.25, 0.3) is 12.3 Å². The first-order valence-corrected chi connectivity index (χ1v) is 10.2. The van der Waals surface area contributed by atoms with Crippen molar-refractivity contribution in [2.24, 2.45) is 5.73 Å². The number of ketones is 1. The number of thiazole rings is 1. The molecule has 0 spiro atoms. The van der Waals surface area contributed by atoms with Crippen LogP contribution in [0.4, 0.5) is 34.2 Å². The number of alkyl halides is 3. The maximum atomic E-state index is 13.4. The number of nitrogens with one attached hydrogen (secondary N) is 1. The molecule has 0 saturated heterocycles. The first kappa shape index (κ1) is 24.6. The molecule has 0 aliphatic heterocycles. The van der Waals surface area contributed by atoms with Gasteiger partial charge in [-0.15, -0.1) is 0 Å². The second kappa shape index (κ2) is 9.86. The fourth-order valence-corrected chi connectivity index (χ4v) is 3.71. The van der Waals surface area contributed by atoms with E-state index in [1.54, 1.807) is 0 Å². The van der Waals surface area contributed by atoms with E-state index in [9.17, 15) is 31.9 Å². The first-order chi connectivity index (χ1) is 16.0. The van der Waals surface area contributed by atoms with Gasteiger partial charge >= 0.3 is 0 Å². The summed E-state index contributed by atoms with van der Waals surface area (Å²) < 4.78 is 55.7. The molecule has 0 radical (unpaired) electrons. The number of nitrogens with two attached hydrogens (primary N) is 2. The Morgan fingerprint density at radius 3 is 2.41 bits per heavy atom. The molecule has 1 aromatic carbocycles. The van der Waals surface area contributed by atoms with Gasteiger partial charge in [-0.2, -0.15) is 0 Å². The van der Waals surface area contributed by atoms with Gasteiger partial charge in [-0.1, -0.05) is 16.5 Å². The minimum absolute atomic E-state index is 0.0634. The van der Waals surface area contributed by atoms with Crippen molar-refractivity contribution in [3.8, 4) is 0 Å². The predicted molar refractivity (Wildman–Crippen MR) is 112 cm³/mol. The summed E-state index contributed by atoms with van der Waals surface area (Å²) >= 11 is 0.739. The Kier molecular flexibility index (Phi) is 7.14. The van der Waals surface area contributed by atoms with Crippen LogP contribution >= 0.6 is 11.3 Å². The number of amides is 2. The Hall–Kier alpha value is -4.01. The molecule has 2 heterocycles. The Balaban J connectivity index is 1.90. The quantitative estimate of drug-likeness (QED) is 0.230. The summed E-state index contributed by atoms with van der Waals surface area (Å²) in [6, 6.07) is 4.88. The van der Waals surface area contributed by atoms with Crippen molar-refractivity contribution < 1.29 is 36.5 Å². The topological polar surface area (TPSA) is 157 Å². The van der Waals surface area contributed by atoms with Crippen molar-refractivity contribution in [2.75, 3.05) is 10.6 Å². The fourth-order valence-electron chi connectivity index (χ4n) is 2.68. The first-order valence-electron chi connectivity index (χ1n) is 9.34. The van der Waals surface area contributed by atoms with Gasteiger partial charge in [-0.3, -0.25) is 14.4 Å². The van der Waals surface area contributed by atoms with Crippen LogP contribution in [0.3, 0.4) is 0 Å². The molecule has 180 valence electrons. The lowest BCUT2D eigenvalue weighted by Gasteiger charge is -2.26. The average molecular weight is 500 g/mol. The van der Waals surface area contributed by atoms with E-state index in [2.05, 4.69) is 10.1 Å². The Bertz CT molecular complexity index is 1220. The molecule has 0 saturated carbocycles. The summed E-state index contributed by atoms with van der Waals surface area (Å²) in [5.41, 5.74) is 11.0. The smallest absolute Gasteiger partial charge is 0.287 e. The van der Waals surface area contributed by atoms with E-state index in [-0.39, 0.29) is 15.8 Å². The summed E-state index contributed by atoms with van der Waals surface area (Å²) in [4.78, 5) is 41.7. The second-order valence-corrected chi connectivity index (χ2v) is 7.73. The number of nitrogens with zero attached hydrogens (tertiary/aromatic N) is 3. The number of aromatic nitrogens is 2. The Morgan fingerprint density at radius 2 is 1.82 bits per heavy atom. The molecular weight excluding hydrogens is 484 g/mol. The highest BCUT2D eigenvalue weighted by molar-refractivity contribution is 7.18. The van der Waals surface area contributed by atoms with Gasteiger partial charge in [0.2, 0.25) is 23.7 Å². The third-order valence-corrected chi connectivity index (χ3v) is 5.48. The number of rotatable bonds is 9. The van der Waals surface area contributed by atoms with Crippen molar-refractivity contribution in [2.45, 2.75) is 25.7 Å². The molecular formula is C19H16F4N6O4S. The van der Waals surface area contributed by atoms with Crippen molar-refractivity contribution in [1.82, 2.24) is 15.5 Å². The minimum Gasteiger partial charge on any atom is -0.382 e. The van der Waals surface area contributed by atoms with E-state index in [1.165, 1.54) is 29.3 Å². The predicted octanol–water partition coefficient (Wildman–Crippen LogP) is 2.39. The standard InChI is InChI=1S/C19H16F4N6O4S/c1-7(17(25)31)29(9-4-2-8(20)3-5-9)19-27-16(24)13(34-19)12(30)11-6-10(28-33-11)18(32)26-15(23)14(21)22/h2-7,14-15H,24H2,1H3,(H2,25,31)(H,26,32). The maximum Gasteiger partial charge on any atom is 0.287 e. The van der Waals surface area contributed by atoms with E-state index < -0.39 is 53.6 Å². The lowest BCUT2D eigenvalue weighted by molar-refractivity contribution is -0.118. The second-order valence-electron chi connectivity index (χ2n) is 6.75. The van der Waals surface area contributed by atoms with Crippen molar-refractivity contribution in [3.05, 3.63) is 52.5 Å². The third kappa shape index (κ3) is 5.14. The molecule has 2 amide bonds. The summed E-state index contributed by atoms with van der Waals surface area (Å²) in [6.07, 6.45) is -6.40. The number of hydrogen-bond donors (Lipinski definition) is 3. The molecule has 0 aliphatic carbocycles. The van der Waals surface area contributed by atoms with Gasteiger partial charge in [0, 0.05) is 11.8 Å². The molecule has 3 aromatic rings. The molecule has 2 atom stereocenters. The van der Waals surface area contributed by atoms with Gasteiger partial charge in [-0.25, -0.2) is 22.5 Å². The lowest BCUT2D eigenvalue weighted by Crippen LogP contribution is -2.39. The van der Waals surface area contributed by atoms with E-state index in [0.29, 0.717) is 5.69 Å². The molecule has 3 rings (SSSR count). The summed E-state index contributed by atoms with van der Waals surface area (Å²) in [5.74, 6) is -4.24. The van der Waals surface area contributed by atoms with Gasteiger partial charge in [-0.05, 0) is 31.2 Å². The highest BCUT2D eigenvalue weighted by Gasteiger charge is 2.30. The maximum absolute atomic E-state index is 13.4. The van der Waals surface area contributed by atoms with Crippen LogP contribution in [0.25, 0.3) is 0 Å².